The van der Waals surface area contributed by atoms with Crippen LogP contribution in [0.15, 0.2) is 24.4 Å². The summed E-state index contributed by atoms with van der Waals surface area (Å²) in [6.07, 6.45) is -4.44. The summed E-state index contributed by atoms with van der Waals surface area (Å²) in [5, 5.41) is 16.9. The van der Waals surface area contributed by atoms with Crippen LogP contribution in [0.5, 0.6) is 0 Å². The summed E-state index contributed by atoms with van der Waals surface area (Å²) in [7, 11) is 0. The molecule has 1 unspecified atom stereocenters. The fourth-order valence-electron chi connectivity index (χ4n) is 2.11. The molecule has 0 amide bonds. The monoisotopic (exact) mass is 343 g/mol. The third-order valence-electron chi connectivity index (χ3n) is 3.46. The summed E-state index contributed by atoms with van der Waals surface area (Å²) < 4.78 is 45.3. The lowest BCUT2D eigenvalue weighted by atomic mass is 10.00. The van der Waals surface area contributed by atoms with E-state index < -0.39 is 23.4 Å². The number of esters is 1. The summed E-state index contributed by atoms with van der Waals surface area (Å²) in [5.74, 6) is -1.84. The maximum absolute atomic E-state index is 13.3. The van der Waals surface area contributed by atoms with E-state index >= 15 is 0 Å². The topological polar surface area (TPSA) is 77.2 Å². The number of halogens is 3. The van der Waals surface area contributed by atoms with Crippen LogP contribution in [-0.4, -0.2) is 38.9 Å². The van der Waals surface area contributed by atoms with Crippen molar-refractivity contribution < 1.29 is 27.8 Å². The SMILES string of the molecule is CCOC(=O)C(O)(c1cn(-c2cc(C)ccc2C)nn1)C(F)(F)F. The summed E-state index contributed by atoms with van der Waals surface area (Å²) >= 11 is 0. The molecule has 0 radical (unpaired) electrons. The maximum Gasteiger partial charge on any atom is 0.434 e. The van der Waals surface area contributed by atoms with Gasteiger partial charge in [-0.15, -0.1) is 5.10 Å². The van der Waals surface area contributed by atoms with Gasteiger partial charge in [0.25, 0.3) is 0 Å². The predicted molar refractivity (Wildman–Crippen MR) is 77.4 cm³/mol. The highest BCUT2D eigenvalue weighted by atomic mass is 19.4. The fraction of sp³-hybridized carbons (Fsp3) is 0.400. The Labute approximate surface area is 135 Å². The van der Waals surface area contributed by atoms with Crippen LogP contribution >= 0.6 is 0 Å². The Morgan fingerprint density at radius 2 is 2.00 bits per heavy atom. The van der Waals surface area contributed by atoms with E-state index in [1.165, 1.54) is 6.92 Å². The molecule has 0 saturated heterocycles. The number of nitrogens with zero attached hydrogens (tertiary/aromatic N) is 3. The van der Waals surface area contributed by atoms with Gasteiger partial charge in [0.2, 0.25) is 0 Å². The van der Waals surface area contributed by atoms with Gasteiger partial charge in [0.1, 0.15) is 5.69 Å². The lowest BCUT2D eigenvalue weighted by molar-refractivity contribution is -0.269. The molecular formula is C15H16F3N3O3. The van der Waals surface area contributed by atoms with Crippen LogP contribution in [-0.2, 0) is 15.1 Å². The van der Waals surface area contributed by atoms with Crippen molar-refractivity contribution in [2.45, 2.75) is 32.5 Å². The molecule has 24 heavy (non-hydrogen) atoms. The second-order valence-electron chi connectivity index (χ2n) is 5.27. The van der Waals surface area contributed by atoms with Gasteiger partial charge >= 0.3 is 17.7 Å². The largest absolute Gasteiger partial charge is 0.463 e. The highest BCUT2D eigenvalue weighted by molar-refractivity contribution is 5.81. The number of carbonyl (C=O) groups is 1. The predicted octanol–water partition coefficient (Wildman–Crippen LogP) is 2.20. The normalized spacial score (nSPS) is 14.3. The number of benzene rings is 1. The first kappa shape index (κ1) is 17.9. The van der Waals surface area contributed by atoms with Crippen molar-refractivity contribution in [3.8, 4) is 5.69 Å². The summed E-state index contributed by atoms with van der Waals surface area (Å²) in [4.78, 5) is 11.7. The van der Waals surface area contributed by atoms with E-state index in [0.717, 1.165) is 22.0 Å². The third-order valence-corrected chi connectivity index (χ3v) is 3.46. The lowest BCUT2D eigenvalue weighted by Gasteiger charge is -2.25. The van der Waals surface area contributed by atoms with Crippen molar-refractivity contribution in [1.82, 2.24) is 15.0 Å². The molecule has 0 aliphatic heterocycles. The molecule has 6 nitrogen and oxygen atoms in total. The Morgan fingerprint density at radius 3 is 2.58 bits per heavy atom. The van der Waals surface area contributed by atoms with Crippen molar-refractivity contribution in [3.63, 3.8) is 0 Å². The molecule has 0 saturated carbocycles. The number of ether oxygens (including phenoxy) is 1. The molecule has 2 rings (SSSR count). The summed E-state index contributed by atoms with van der Waals surface area (Å²) in [5.41, 5.74) is -2.73. The minimum atomic E-state index is -5.30. The standard InChI is InChI=1S/C15H16F3N3O3/c1-4-24-13(22)14(23,15(16,17)18)12-8-21(20-19-12)11-7-9(2)5-6-10(11)3/h5-8,23H,4H2,1-3H3. The van der Waals surface area contributed by atoms with Crippen molar-refractivity contribution in [3.05, 3.63) is 41.2 Å². The summed E-state index contributed by atoms with van der Waals surface area (Å²) in [6.45, 7) is 4.58. The molecule has 0 bridgehead atoms. The average molecular weight is 343 g/mol. The zero-order valence-corrected chi connectivity index (χ0v) is 13.3. The molecule has 1 aromatic heterocycles. The number of carbonyl (C=O) groups excluding carboxylic acids is 1. The molecule has 1 heterocycles. The van der Waals surface area contributed by atoms with Gasteiger partial charge in [0, 0.05) is 0 Å². The number of hydrogen-bond acceptors (Lipinski definition) is 5. The van der Waals surface area contributed by atoms with Gasteiger partial charge in [-0.3, -0.25) is 0 Å². The van der Waals surface area contributed by atoms with Crippen molar-refractivity contribution in [2.75, 3.05) is 6.61 Å². The first-order chi connectivity index (χ1) is 11.1. The van der Waals surface area contributed by atoms with Crippen molar-refractivity contribution in [1.29, 1.82) is 0 Å². The highest BCUT2D eigenvalue weighted by Gasteiger charge is 2.64. The summed E-state index contributed by atoms with van der Waals surface area (Å²) in [6, 6.07) is 5.31. The highest BCUT2D eigenvalue weighted by Crippen LogP contribution is 2.39. The average Bonchev–Trinajstić information content (AvgIpc) is 2.97. The van der Waals surface area contributed by atoms with Crippen LogP contribution in [0.1, 0.15) is 23.7 Å². The van der Waals surface area contributed by atoms with Gasteiger partial charge in [0.05, 0.1) is 18.5 Å². The lowest BCUT2D eigenvalue weighted by Crippen LogP contribution is -2.50. The van der Waals surface area contributed by atoms with Crippen LogP contribution < -0.4 is 0 Å². The molecule has 0 fully saturated rings. The van der Waals surface area contributed by atoms with Gasteiger partial charge in [0.15, 0.2) is 0 Å². The number of hydrogen-bond donors (Lipinski definition) is 1. The van der Waals surface area contributed by atoms with Crippen LogP contribution in [0.25, 0.3) is 5.69 Å². The smallest absolute Gasteiger partial charge is 0.434 e. The van der Waals surface area contributed by atoms with E-state index in [2.05, 4.69) is 15.0 Å². The molecule has 9 heteroatoms. The van der Waals surface area contributed by atoms with Gasteiger partial charge in [-0.2, -0.15) is 13.2 Å². The second kappa shape index (κ2) is 6.23. The number of aryl methyl sites for hydroxylation is 2. The Morgan fingerprint density at radius 1 is 1.33 bits per heavy atom. The molecule has 1 atom stereocenters. The van der Waals surface area contributed by atoms with E-state index in [1.54, 1.807) is 19.1 Å². The Balaban J connectivity index is 2.53. The van der Waals surface area contributed by atoms with E-state index in [1.807, 2.05) is 13.0 Å². The van der Waals surface area contributed by atoms with Crippen LogP contribution in [0.4, 0.5) is 13.2 Å². The molecule has 1 aromatic carbocycles. The zero-order chi connectivity index (χ0) is 18.1. The Hall–Kier alpha value is -2.42. The van der Waals surface area contributed by atoms with Crippen LogP contribution in [0, 0.1) is 13.8 Å². The third kappa shape index (κ3) is 2.99. The molecule has 0 aliphatic rings. The number of rotatable bonds is 4. The van der Waals surface area contributed by atoms with E-state index in [-0.39, 0.29) is 6.61 Å². The molecule has 0 spiro atoms. The Bertz CT molecular complexity index is 758. The van der Waals surface area contributed by atoms with Gasteiger partial charge in [-0.05, 0) is 38.0 Å². The molecular weight excluding hydrogens is 327 g/mol. The number of aromatic nitrogens is 3. The van der Waals surface area contributed by atoms with E-state index in [9.17, 15) is 23.1 Å². The van der Waals surface area contributed by atoms with Gasteiger partial charge in [-0.1, -0.05) is 17.3 Å². The second-order valence-corrected chi connectivity index (χ2v) is 5.27. The molecule has 1 N–H and O–H groups in total. The maximum atomic E-state index is 13.3. The van der Waals surface area contributed by atoms with Gasteiger partial charge < -0.3 is 9.84 Å². The molecule has 130 valence electrons. The van der Waals surface area contributed by atoms with E-state index in [0.29, 0.717) is 5.69 Å². The molecule has 2 aromatic rings. The first-order valence-electron chi connectivity index (χ1n) is 7.08. The zero-order valence-electron chi connectivity index (χ0n) is 13.3. The van der Waals surface area contributed by atoms with Crippen LogP contribution in [0.3, 0.4) is 0 Å². The minimum Gasteiger partial charge on any atom is -0.463 e. The molecule has 0 aliphatic carbocycles. The quantitative estimate of drug-likeness (QED) is 0.861. The van der Waals surface area contributed by atoms with Crippen LogP contribution in [0.2, 0.25) is 0 Å². The van der Waals surface area contributed by atoms with E-state index in [4.69, 9.17) is 0 Å². The minimum absolute atomic E-state index is 0.317. The van der Waals surface area contributed by atoms with Gasteiger partial charge in [-0.25, -0.2) is 9.48 Å². The first-order valence-corrected chi connectivity index (χ1v) is 7.08. The number of alkyl halides is 3. The van der Waals surface area contributed by atoms with Crippen molar-refractivity contribution in [2.24, 2.45) is 0 Å². The Kier molecular flexibility index (Phi) is 4.66. The number of aliphatic hydroxyl groups is 1. The van der Waals surface area contributed by atoms with Crippen molar-refractivity contribution >= 4 is 5.97 Å². The fourth-order valence-corrected chi connectivity index (χ4v) is 2.11.